The summed E-state index contributed by atoms with van der Waals surface area (Å²) in [5.41, 5.74) is 6.01. The number of allylic oxidation sites excluding steroid dienone is 4. The van der Waals surface area contributed by atoms with Gasteiger partial charge in [-0.3, -0.25) is 0 Å². The van der Waals surface area contributed by atoms with Gasteiger partial charge < -0.3 is 5.73 Å². The van der Waals surface area contributed by atoms with Crippen molar-refractivity contribution in [1.82, 2.24) is 0 Å². The van der Waals surface area contributed by atoms with E-state index < -0.39 is 0 Å². The first-order valence-electron chi connectivity index (χ1n) is 4.23. The van der Waals surface area contributed by atoms with Gasteiger partial charge in [-0.25, -0.2) is 0 Å². The highest BCUT2D eigenvalue weighted by molar-refractivity contribution is 5.09. The molecule has 0 spiro atoms. The van der Waals surface area contributed by atoms with E-state index >= 15 is 0 Å². The minimum absolute atomic E-state index is 0.139. The molecule has 0 heterocycles. The Balaban J connectivity index is 2.15. The minimum Gasteiger partial charge on any atom is -0.325 e. The molecule has 2 unspecified atom stereocenters. The van der Waals surface area contributed by atoms with Crippen LogP contribution in [0, 0.1) is 5.92 Å². The summed E-state index contributed by atoms with van der Waals surface area (Å²) in [4.78, 5) is 0. The van der Waals surface area contributed by atoms with Crippen molar-refractivity contribution >= 4 is 0 Å². The molecule has 0 radical (unpaired) electrons. The Morgan fingerprint density at radius 3 is 2.64 bits per heavy atom. The van der Waals surface area contributed by atoms with Crippen molar-refractivity contribution in [3.8, 4) is 0 Å². The zero-order valence-corrected chi connectivity index (χ0v) is 7.38. The molecule has 1 rings (SSSR count). The van der Waals surface area contributed by atoms with E-state index in [0.29, 0.717) is 0 Å². The Morgan fingerprint density at radius 2 is 2.18 bits per heavy atom. The lowest BCUT2D eigenvalue weighted by Gasteiger charge is -1.98. The summed E-state index contributed by atoms with van der Waals surface area (Å²) in [6.07, 6.45) is 10.7. The Bertz CT molecular complexity index is 177. The van der Waals surface area contributed by atoms with Crippen molar-refractivity contribution in [2.45, 2.75) is 32.2 Å². The van der Waals surface area contributed by atoms with Crippen molar-refractivity contribution in [3.63, 3.8) is 0 Å². The van der Waals surface area contributed by atoms with Gasteiger partial charge >= 0.3 is 0 Å². The van der Waals surface area contributed by atoms with E-state index in [0.717, 1.165) is 12.3 Å². The van der Waals surface area contributed by atoms with Crippen LogP contribution in [0.4, 0.5) is 0 Å². The summed E-state index contributed by atoms with van der Waals surface area (Å²) < 4.78 is 0. The van der Waals surface area contributed by atoms with Crippen LogP contribution in [0.3, 0.4) is 0 Å². The van der Waals surface area contributed by atoms with Crippen LogP contribution in [0.1, 0.15) is 26.7 Å². The first-order valence-corrected chi connectivity index (χ1v) is 4.23. The van der Waals surface area contributed by atoms with Gasteiger partial charge in [-0.1, -0.05) is 24.3 Å². The predicted molar refractivity (Wildman–Crippen MR) is 49.3 cm³/mol. The normalized spacial score (nSPS) is 37.2. The maximum Gasteiger partial charge on any atom is 0.0161 e. The van der Waals surface area contributed by atoms with E-state index in [-0.39, 0.29) is 5.54 Å². The molecule has 2 N–H and O–H groups in total. The largest absolute Gasteiger partial charge is 0.325 e. The fourth-order valence-electron chi connectivity index (χ4n) is 1.26. The van der Waals surface area contributed by atoms with Crippen LogP contribution in [0.25, 0.3) is 0 Å². The predicted octanol–water partition coefficient (Wildman–Crippen LogP) is 2.25. The number of nitrogens with two attached hydrogens (primary N) is 1. The Morgan fingerprint density at radius 1 is 1.55 bits per heavy atom. The standard InChI is InChI=1S/C10H17N/c1-3-4-5-6-7-9-8-10(9,2)11/h3-6,9H,7-8,11H2,1-2H3. The number of hydrogen-bond donors (Lipinski definition) is 1. The molecule has 1 aliphatic carbocycles. The van der Waals surface area contributed by atoms with Gasteiger partial charge in [-0.05, 0) is 32.6 Å². The summed E-state index contributed by atoms with van der Waals surface area (Å²) in [7, 11) is 0. The third-order valence-electron chi connectivity index (χ3n) is 2.32. The molecule has 11 heavy (non-hydrogen) atoms. The van der Waals surface area contributed by atoms with Crippen molar-refractivity contribution in [2.75, 3.05) is 0 Å². The van der Waals surface area contributed by atoms with Gasteiger partial charge in [0.15, 0.2) is 0 Å². The van der Waals surface area contributed by atoms with Crippen LogP contribution in [0.5, 0.6) is 0 Å². The van der Waals surface area contributed by atoms with Crippen LogP contribution in [0.15, 0.2) is 24.3 Å². The van der Waals surface area contributed by atoms with Gasteiger partial charge in [0, 0.05) is 5.54 Å². The quantitative estimate of drug-likeness (QED) is 0.615. The molecule has 1 heteroatoms. The van der Waals surface area contributed by atoms with Crippen LogP contribution >= 0.6 is 0 Å². The average molecular weight is 151 g/mol. The molecule has 0 aromatic carbocycles. The highest BCUT2D eigenvalue weighted by Gasteiger charge is 2.45. The molecule has 62 valence electrons. The molecule has 0 aromatic heterocycles. The monoisotopic (exact) mass is 151 g/mol. The second-order valence-electron chi connectivity index (χ2n) is 3.60. The lowest BCUT2D eigenvalue weighted by Crippen LogP contribution is -2.19. The maximum atomic E-state index is 5.87. The molecular weight excluding hydrogens is 134 g/mol. The molecule has 0 amide bonds. The van der Waals surface area contributed by atoms with Gasteiger partial charge in [0.25, 0.3) is 0 Å². The van der Waals surface area contributed by atoms with Crippen LogP contribution < -0.4 is 5.73 Å². The average Bonchev–Trinajstić information content (AvgIpc) is 2.52. The van der Waals surface area contributed by atoms with Crippen molar-refractivity contribution < 1.29 is 0 Å². The second-order valence-corrected chi connectivity index (χ2v) is 3.60. The Hall–Kier alpha value is -0.560. The lowest BCUT2D eigenvalue weighted by atomic mass is 10.2. The Labute approximate surface area is 69.0 Å². The van der Waals surface area contributed by atoms with E-state index in [9.17, 15) is 0 Å². The fourth-order valence-corrected chi connectivity index (χ4v) is 1.26. The zero-order chi connectivity index (χ0) is 8.32. The molecule has 2 atom stereocenters. The van der Waals surface area contributed by atoms with Gasteiger partial charge in [0.1, 0.15) is 0 Å². The summed E-state index contributed by atoms with van der Waals surface area (Å²) in [6, 6.07) is 0. The third-order valence-corrected chi connectivity index (χ3v) is 2.32. The number of hydrogen-bond acceptors (Lipinski definition) is 1. The molecule has 1 aliphatic rings. The smallest absolute Gasteiger partial charge is 0.0161 e. The van der Waals surface area contributed by atoms with E-state index in [1.54, 1.807) is 0 Å². The van der Waals surface area contributed by atoms with E-state index in [1.807, 2.05) is 13.0 Å². The van der Waals surface area contributed by atoms with Gasteiger partial charge in [0.2, 0.25) is 0 Å². The zero-order valence-electron chi connectivity index (χ0n) is 7.38. The summed E-state index contributed by atoms with van der Waals surface area (Å²) >= 11 is 0. The topological polar surface area (TPSA) is 26.0 Å². The Kier molecular flexibility index (Phi) is 2.50. The molecule has 1 nitrogen and oxygen atoms in total. The first-order chi connectivity index (χ1) is 5.17. The van der Waals surface area contributed by atoms with Crippen LogP contribution in [-0.4, -0.2) is 5.54 Å². The first kappa shape index (κ1) is 8.54. The minimum atomic E-state index is 0.139. The molecule has 1 fully saturated rings. The van der Waals surface area contributed by atoms with Crippen LogP contribution in [-0.2, 0) is 0 Å². The molecule has 0 aromatic rings. The highest BCUT2D eigenvalue weighted by atomic mass is 14.8. The van der Waals surface area contributed by atoms with Crippen molar-refractivity contribution in [2.24, 2.45) is 11.7 Å². The van der Waals surface area contributed by atoms with Gasteiger partial charge in [0.05, 0.1) is 0 Å². The number of rotatable bonds is 3. The molecular formula is C10H17N. The summed E-state index contributed by atoms with van der Waals surface area (Å²) in [6.45, 7) is 4.15. The molecule has 1 saturated carbocycles. The van der Waals surface area contributed by atoms with Crippen molar-refractivity contribution in [3.05, 3.63) is 24.3 Å². The molecule has 0 aliphatic heterocycles. The van der Waals surface area contributed by atoms with E-state index in [2.05, 4.69) is 25.2 Å². The van der Waals surface area contributed by atoms with E-state index in [1.165, 1.54) is 6.42 Å². The SMILES string of the molecule is CC=CC=CCC1CC1(C)N. The van der Waals surface area contributed by atoms with Gasteiger partial charge in [-0.15, -0.1) is 0 Å². The fraction of sp³-hybridized carbons (Fsp3) is 0.600. The molecule has 0 saturated heterocycles. The summed E-state index contributed by atoms with van der Waals surface area (Å²) in [5.74, 6) is 0.726. The third kappa shape index (κ3) is 2.51. The van der Waals surface area contributed by atoms with Crippen molar-refractivity contribution in [1.29, 1.82) is 0 Å². The van der Waals surface area contributed by atoms with Gasteiger partial charge in [-0.2, -0.15) is 0 Å². The van der Waals surface area contributed by atoms with Crippen LogP contribution in [0.2, 0.25) is 0 Å². The summed E-state index contributed by atoms with van der Waals surface area (Å²) in [5, 5.41) is 0. The second kappa shape index (κ2) is 3.22. The van der Waals surface area contributed by atoms with E-state index in [4.69, 9.17) is 5.73 Å². The lowest BCUT2D eigenvalue weighted by molar-refractivity contribution is 0.654. The highest BCUT2D eigenvalue weighted by Crippen LogP contribution is 2.43. The maximum absolute atomic E-state index is 5.87. The molecule has 0 bridgehead atoms.